The summed E-state index contributed by atoms with van der Waals surface area (Å²) in [6.45, 7) is 2.01. The minimum Gasteiger partial charge on any atom is -0.338 e. The van der Waals surface area contributed by atoms with Crippen LogP contribution in [0.15, 0.2) is 18.5 Å². The molecule has 0 spiro atoms. The van der Waals surface area contributed by atoms with E-state index in [1.165, 1.54) is 0 Å². The Labute approximate surface area is 89.1 Å². The number of nitrogens with zero attached hydrogens (tertiary/aromatic N) is 2. The first-order chi connectivity index (χ1) is 7.31. The molecule has 1 aliphatic heterocycles. The van der Waals surface area contributed by atoms with Crippen LogP contribution in [0.25, 0.3) is 0 Å². The number of carbonyl (C=O) groups is 1. The van der Waals surface area contributed by atoms with Crippen LogP contribution < -0.4 is 5.73 Å². The quantitative estimate of drug-likeness (QED) is 0.788. The van der Waals surface area contributed by atoms with E-state index in [9.17, 15) is 4.79 Å². The predicted octanol–water partition coefficient (Wildman–Crippen LogP) is 0.663. The van der Waals surface area contributed by atoms with Gasteiger partial charge in [-0.05, 0) is 23.6 Å². The lowest BCUT2D eigenvalue weighted by molar-refractivity contribution is -0.128. The van der Waals surface area contributed by atoms with Crippen LogP contribution in [-0.4, -0.2) is 22.3 Å². The SMILES string of the molecule is NCc1ccncc1CN1CCCC1=O. The highest BCUT2D eigenvalue weighted by molar-refractivity contribution is 5.78. The van der Waals surface area contributed by atoms with Crippen molar-refractivity contribution >= 4 is 5.91 Å². The average Bonchev–Trinajstić information content (AvgIpc) is 2.65. The Balaban J connectivity index is 2.12. The van der Waals surface area contributed by atoms with Crippen LogP contribution in [0, 0.1) is 0 Å². The molecule has 1 amide bonds. The first-order valence-electron chi connectivity index (χ1n) is 5.21. The maximum Gasteiger partial charge on any atom is 0.222 e. The van der Waals surface area contributed by atoms with E-state index in [1.54, 1.807) is 12.4 Å². The topological polar surface area (TPSA) is 59.2 Å². The molecule has 0 unspecified atom stereocenters. The molecule has 0 atom stereocenters. The Kier molecular flexibility index (Phi) is 2.97. The molecular weight excluding hydrogens is 190 g/mol. The predicted molar refractivity (Wildman–Crippen MR) is 56.8 cm³/mol. The number of hydrogen-bond donors (Lipinski definition) is 1. The van der Waals surface area contributed by atoms with E-state index in [1.807, 2.05) is 11.0 Å². The van der Waals surface area contributed by atoms with Gasteiger partial charge in [0.15, 0.2) is 0 Å². The van der Waals surface area contributed by atoms with E-state index in [4.69, 9.17) is 5.73 Å². The summed E-state index contributed by atoms with van der Waals surface area (Å²) in [4.78, 5) is 17.4. The third-order valence-corrected chi connectivity index (χ3v) is 2.76. The van der Waals surface area contributed by atoms with Crippen LogP contribution >= 0.6 is 0 Å². The molecule has 2 N–H and O–H groups in total. The Morgan fingerprint density at radius 3 is 3.00 bits per heavy atom. The van der Waals surface area contributed by atoms with Crippen LogP contribution in [0.1, 0.15) is 24.0 Å². The monoisotopic (exact) mass is 205 g/mol. The summed E-state index contributed by atoms with van der Waals surface area (Å²) in [5, 5.41) is 0. The van der Waals surface area contributed by atoms with E-state index in [0.29, 0.717) is 19.5 Å². The molecule has 0 aliphatic carbocycles. The summed E-state index contributed by atoms with van der Waals surface area (Å²) >= 11 is 0. The smallest absolute Gasteiger partial charge is 0.222 e. The summed E-state index contributed by atoms with van der Waals surface area (Å²) in [5.74, 6) is 0.238. The second kappa shape index (κ2) is 4.40. The maximum atomic E-state index is 11.5. The van der Waals surface area contributed by atoms with Gasteiger partial charge in [0.05, 0.1) is 0 Å². The van der Waals surface area contributed by atoms with E-state index < -0.39 is 0 Å². The first-order valence-corrected chi connectivity index (χ1v) is 5.21. The number of nitrogens with two attached hydrogens (primary N) is 1. The molecule has 15 heavy (non-hydrogen) atoms. The van der Waals surface area contributed by atoms with Gasteiger partial charge in [-0.25, -0.2) is 0 Å². The van der Waals surface area contributed by atoms with Crippen molar-refractivity contribution in [2.45, 2.75) is 25.9 Å². The summed E-state index contributed by atoms with van der Waals surface area (Å²) in [5.41, 5.74) is 7.77. The van der Waals surface area contributed by atoms with Crippen molar-refractivity contribution < 1.29 is 4.79 Å². The molecular formula is C11H15N3O. The zero-order chi connectivity index (χ0) is 10.7. The molecule has 0 bridgehead atoms. The van der Waals surface area contributed by atoms with Gasteiger partial charge in [0.25, 0.3) is 0 Å². The third kappa shape index (κ3) is 2.15. The Morgan fingerprint density at radius 1 is 1.47 bits per heavy atom. The van der Waals surface area contributed by atoms with Crippen molar-refractivity contribution in [1.29, 1.82) is 0 Å². The lowest BCUT2D eigenvalue weighted by Gasteiger charge is -2.17. The van der Waals surface area contributed by atoms with E-state index >= 15 is 0 Å². The minimum atomic E-state index is 0.238. The van der Waals surface area contributed by atoms with E-state index in [-0.39, 0.29) is 5.91 Å². The van der Waals surface area contributed by atoms with E-state index in [0.717, 1.165) is 24.1 Å². The van der Waals surface area contributed by atoms with Crippen LogP contribution in [0.3, 0.4) is 0 Å². The van der Waals surface area contributed by atoms with Gasteiger partial charge in [0, 0.05) is 38.4 Å². The molecule has 1 aromatic rings. The van der Waals surface area contributed by atoms with Crippen molar-refractivity contribution in [3.05, 3.63) is 29.6 Å². The first kappa shape index (κ1) is 10.1. The number of amides is 1. The third-order valence-electron chi connectivity index (χ3n) is 2.76. The fraction of sp³-hybridized carbons (Fsp3) is 0.455. The van der Waals surface area contributed by atoms with Gasteiger partial charge >= 0.3 is 0 Å². The van der Waals surface area contributed by atoms with Gasteiger partial charge < -0.3 is 10.6 Å². The van der Waals surface area contributed by atoms with Crippen molar-refractivity contribution in [3.63, 3.8) is 0 Å². The fourth-order valence-electron chi connectivity index (χ4n) is 1.87. The van der Waals surface area contributed by atoms with Gasteiger partial charge in [-0.2, -0.15) is 0 Å². The Morgan fingerprint density at radius 2 is 2.33 bits per heavy atom. The molecule has 4 nitrogen and oxygen atoms in total. The minimum absolute atomic E-state index is 0.238. The summed E-state index contributed by atoms with van der Waals surface area (Å²) in [6.07, 6.45) is 5.18. The highest BCUT2D eigenvalue weighted by Gasteiger charge is 2.20. The number of aromatic nitrogens is 1. The zero-order valence-electron chi connectivity index (χ0n) is 8.65. The summed E-state index contributed by atoms with van der Waals surface area (Å²) < 4.78 is 0. The highest BCUT2D eigenvalue weighted by Crippen LogP contribution is 2.15. The molecule has 0 saturated carbocycles. The van der Waals surface area contributed by atoms with Crippen LogP contribution in [-0.2, 0) is 17.9 Å². The molecule has 2 rings (SSSR count). The highest BCUT2D eigenvalue weighted by atomic mass is 16.2. The molecule has 1 aromatic heterocycles. The lowest BCUT2D eigenvalue weighted by Crippen LogP contribution is -2.24. The van der Waals surface area contributed by atoms with Gasteiger partial charge in [-0.15, -0.1) is 0 Å². The molecule has 1 fully saturated rings. The van der Waals surface area contributed by atoms with Gasteiger partial charge in [-0.3, -0.25) is 9.78 Å². The molecule has 0 radical (unpaired) electrons. The summed E-state index contributed by atoms with van der Waals surface area (Å²) in [7, 11) is 0. The average molecular weight is 205 g/mol. The molecule has 1 saturated heterocycles. The normalized spacial score (nSPS) is 16.1. The van der Waals surface area contributed by atoms with Crippen molar-refractivity contribution in [1.82, 2.24) is 9.88 Å². The lowest BCUT2D eigenvalue weighted by atomic mass is 10.1. The molecule has 0 aromatic carbocycles. The van der Waals surface area contributed by atoms with E-state index in [2.05, 4.69) is 4.98 Å². The molecule has 4 heteroatoms. The fourth-order valence-corrected chi connectivity index (χ4v) is 1.87. The van der Waals surface area contributed by atoms with Gasteiger partial charge in [0.1, 0.15) is 0 Å². The van der Waals surface area contributed by atoms with Crippen LogP contribution in [0.4, 0.5) is 0 Å². The van der Waals surface area contributed by atoms with Crippen molar-refractivity contribution in [2.75, 3.05) is 6.54 Å². The number of carbonyl (C=O) groups excluding carboxylic acids is 1. The summed E-state index contributed by atoms with van der Waals surface area (Å²) in [6, 6.07) is 1.91. The van der Waals surface area contributed by atoms with Crippen molar-refractivity contribution in [2.24, 2.45) is 5.73 Å². The molecule has 80 valence electrons. The largest absolute Gasteiger partial charge is 0.338 e. The van der Waals surface area contributed by atoms with Crippen LogP contribution in [0.2, 0.25) is 0 Å². The van der Waals surface area contributed by atoms with Gasteiger partial charge in [0.2, 0.25) is 5.91 Å². The van der Waals surface area contributed by atoms with Crippen LogP contribution in [0.5, 0.6) is 0 Å². The second-order valence-electron chi connectivity index (χ2n) is 3.77. The van der Waals surface area contributed by atoms with Gasteiger partial charge in [-0.1, -0.05) is 0 Å². The Hall–Kier alpha value is -1.42. The standard InChI is InChI=1S/C11H15N3O/c12-6-9-3-4-13-7-10(9)8-14-5-1-2-11(14)15/h3-4,7H,1-2,5-6,8,12H2. The molecule has 2 heterocycles. The number of likely N-dealkylation sites (tertiary alicyclic amines) is 1. The second-order valence-corrected chi connectivity index (χ2v) is 3.77. The Bertz CT molecular complexity index is 365. The number of rotatable bonds is 3. The van der Waals surface area contributed by atoms with Crippen molar-refractivity contribution in [3.8, 4) is 0 Å². The zero-order valence-corrected chi connectivity index (χ0v) is 8.65. The maximum absolute atomic E-state index is 11.5. The number of pyridine rings is 1. The number of hydrogen-bond acceptors (Lipinski definition) is 3. The molecule has 1 aliphatic rings.